The van der Waals surface area contributed by atoms with Gasteiger partial charge < -0.3 is 30.2 Å². The van der Waals surface area contributed by atoms with Gasteiger partial charge in [0.05, 0.1) is 43.0 Å². The average molecular weight is 784 g/mol. The van der Waals surface area contributed by atoms with E-state index in [0.29, 0.717) is 18.0 Å². The number of aromatic amines is 2. The van der Waals surface area contributed by atoms with Crippen LogP contribution < -0.4 is 15.5 Å². The first kappa shape index (κ1) is 36.4. The molecule has 2 bridgehead atoms. The molecule has 11 rings (SSSR count). The van der Waals surface area contributed by atoms with Gasteiger partial charge in [0.1, 0.15) is 11.6 Å². The van der Waals surface area contributed by atoms with E-state index < -0.39 is 0 Å². The first-order valence-electron chi connectivity index (χ1n) is 21.9. The van der Waals surface area contributed by atoms with E-state index in [1.807, 2.05) is 12.4 Å². The normalized spacial score (nSPS) is 21.7. The average Bonchev–Trinajstić information content (AvgIpc) is 4.12. The van der Waals surface area contributed by atoms with Crippen molar-refractivity contribution in [3.05, 3.63) is 125 Å². The number of anilines is 1. The third-order valence-corrected chi connectivity index (χ3v) is 14.3. The Kier molecular flexibility index (Phi) is 8.98. The summed E-state index contributed by atoms with van der Waals surface area (Å²) in [5.74, 6) is 3.05. The molecule has 2 saturated heterocycles. The van der Waals surface area contributed by atoms with Crippen LogP contribution in [0, 0.1) is 11.8 Å². The molecule has 4 aromatic carbocycles. The molecule has 5 atom stereocenters. The van der Waals surface area contributed by atoms with Crippen molar-refractivity contribution < 1.29 is 9.53 Å². The van der Waals surface area contributed by atoms with Crippen LogP contribution in [0.4, 0.5) is 10.5 Å². The van der Waals surface area contributed by atoms with Crippen molar-refractivity contribution in [3.63, 3.8) is 0 Å². The molecule has 5 aliphatic rings. The summed E-state index contributed by atoms with van der Waals surface area (Å²) < 4.78 is 5.04. The predicted octanol–water partition coefficient (Wildman–Crippen LogP) is 9.88. The Bertz CT molecular complexity index is 2590. The Morgan fingerprint density at radius 3 is 2.22 bits per heavy atom. The lowest BCUT2D eigenvalue weighted by Crippen LogP contribution is -2.40. The van der Waals surface area contributed by atoms with Gasteiger partial charge in [-0.1, -0.05) is 74.5 Å². The molecule has 0 radical (unpaired) electrons. The minimum absolute atomic E-state index is 0.0593. The summed E-state index contributed by atoms with van der Waals surface area (Å²) in [5.41, 5.74) is 18.0. The summed E-state index contributed by atoms with van der Waals surface area (Å²) >= 11 is 0. The summed E-state index contributed by atoms with van der Waals surface area (Å²) in [4.78, 5) is 32.5. The number of carbonyl (C=O) groups excluding carboxylic acids is 1. The molecule has 9 heteroatoms. The van der Waals surface area contributed by atoms with Crippen LogP contribution in [0.15, 0.2) is 85.2 Å². The zero-order valence-electron chi connectivity index (χ0n) is 34.3. The molecule has 4 heterocycles. The standard InChI is InChI=1S/C50H53N7O2/c1-28(2)42(56-50(58)59-3)25-35-15-19-40-37-8-5-4-7-29(37)24-41(40)47(35)57-20-6-9-45(57)48-51-26-43(54-48)32-13-17-38-30(21-32)10-11-31-22-33(14-18-39(31)38)44-27-52-49(55-44)46-34-12-16-36(23-34)53-46/h4-5,7-8,13-15,17-19,21-22,26-28,34,36,42,45-46,53H,6,9-12,16,20,23-25H2,1-3H3,(H,51,54)(H,52,55)(H,56,58). The van der Waals surface area contributed by atoms with Crippen LogP contribution >= 0.6 is 0 Å². The van der Waals surface area contributed by atoms with E-state index in [0.717, 1.165) is 68.1 Å². The second kappa shape index (κ2) is 14.6. The summed E-state index contributed by atoms with van der Waals surface area (Å²) in [6.07, 6.45) is 13.3. The maximum Gasteiger partial charge on any atom is 0.407 e. The molecule has 1 amide bonds. The largest absolute Gasteiger partial charge is 0.453 e. The summed E-state index contributed by atoms with van der Waals surface area (Å²) in [5, 5.41) is 6.91. The molecule has 300 valence electrons. The number of carbonyl (C=O) groups is 1. The minimum Gasteiger partial charge on any atom is -0.453 e. The van der Waals surface area contributed by atoms with E-state index in [1.165, 1.54) is 93.3 Å². The number of nitrogens with one attached hydrogen (secondary N) is 4. The zero-order valence-corrected chi connectivity index (χ0v) is 34.3. The van der Waals surface area contributed by atoms with Gasteiger partial charge in [-0.15, -0.1) is 0 Å². The van der Waals surface area contributed by atoms with Gasteiger partial charge in [-0.05, 0) is 137 Å². The zero-order chi connectivity index (χ0) is 39.8. The van der Waals surface area contributed by atoms with Crippen LogP contribution in [0.2, 0.25) is 0 Å². The van der Waals surface area contributed by atoms with Crippen LogP contribution in [0.5, 0.6) is 0 Å². The lowest BCUT2D eigenvalue weighted by atomic mass is 9.83. The van der Waals surface area contributed by atoms with Crippen LogP contribution in [-0.2, 0) is 30.4 Å². The third kappa shape index (κ3) is 6.36. The van der Waals surface area contributed by atoms with Crippen molar-refractivity contribution >= 4 is 11.8 Å². The second-order valence-electron chi connectivity index (χ2n) is 18.0. The number of imidazole rings is 2. The Morgan fingerprint density at radius 1 is 0.831 bits per heavy atom. The summed E-state index contributed by atoms with van der Waals surface area (Å²) in [6, 6.07) is 28.4. The molecule has 9 nitrogen and oxygen atoms in total. The smallest absolute Gasteiger partial charge is 0.407 e. The van der Waals surface area contributed by atoms with Gasteiger partial charge in [-0.25, -0.2) is 14.8 Å². The predicted molar refractivity (Wildman–Crippen MR) is 233 cm³/mol. The van der Waals surface area contributed by atoms with Crippen molar-refractivity contribution in [2.45, 2.75) is 95.8 Å². The number of H-pyrrole nitrogens is 2. The van der Waals surface area contributed by atoms with Gasteiger partial charge >= 0.3 is 6.09 Å². The fourth-order valence-electron chi connectivity index (χ4n) is 11.2. The van der Waals surface area contributed by atoms with Gasteiger partial charge in [0, 0.05) is 30.7 Å². The highest BCUT2D eigenvalue weighted by molar-refractivity contribution is 5.84. The fraction of sp³-hybridized carbons (Fsp3) is 0.380. The first-order chi connectivity index (χ1) is 28.9. The number of methoxy groups -OCH3 is 1. The molecule has 5 unspecified atom stereocenters. The number of hydrogen-bond donors (Lipinski definition) is 4. The molecular formula is C50H53N7O2. The number of amides is 1. The number of aromatic nitrogens is 4. The highest BCUT2D eigenvalue weighted by atomic mass is 16.5. The monoisotopic (exact) mass is 783 g/mol. The number of aryl methyl sites for hydroxylation is 2. The molecule has 4 N–H and O–H groups in total. The lowest BCUT2D eigenvalue weighted by Gasteiger charge is -2.32. The van der Waals surface area contributed by atoms with E-state index >= 15 is 0 Å². The SMILES string of the molecule is COC(=O)NC(Cc1ccc2c(c1N1CCCC1c1ncc(-c3ccc4c(c3)CCc3cc(-c5cnc(C6NC7CCC6C7)[nH]5)ccc3-4)[nH]1)Cc1ccccc1-2)C(C)C. The van der Waals surface area contributed by atoms with Crippen molar-refractivity contribution in [1.29, 1.82) is 0 Å². The van der Waals surface area contributed by atoms with Crippen LogP contribution in [0.3, 0.4) is 0 Å². The van der Waals surface area contributed by atoms with E-state index in [9.17, 15) is 4.79 Å². The number of fused-ring (bicyclic) bond motifs is 8. The number of alkyl carbamates (subject to hydrolysis) is 1. The summed E-state index contributed by atoms with van der Waals surface area (Å²) in [7, 11) is 1.43. The highest BCUT2D eigenvalue weighted by Crippen LogP contribution is 2.48. The van der Waals surface area contributed by atoms with Crippen molar-refractivity contribution in [2.24, 2.45) is 11.8 Å². The topological polar surface area (TPSA) is 111 Å². The minimum atomic E-state index is -0.385. The third-order valence-electron chi connectivity index (χ3n) is 14.3. The van der Waals surface area contributed by atoms with Gasteiger partial charge in [-0.3, -0.25) is 0 Å². The van der Waals surface area contributed by atoms with Crippen LogP contribution in [-0.4, -0.2) is 51.8 Å². The first-order valence-corrected chi connectivity index (χ1v) is 21.9. The number of hydrogen-bond acceptors (Lipinski definition) is 6. The Labute approximate surface area is 346 Å². The van der Waals surface area contributed by atoms with Gasteiger partial charge in [-0.2, -0.15) is 0 Å². The number of ether oxygens (including phenoxy) is 1. The molecule has 59 heavy (non-hydrogen) atoms. The van der Waals surface area contributed by atoms with E-state index in [-0.39, 0.29) is 24.1 Å². The second-order valence-corrected chi connectivity index (χ2v) is 18.0. The van der Waals surface area contributed by atoms with Gasteiger partial charge in [0.25, 0.3) is 0 Å². The molecular weight excluding hydrogens is 731 g/mol. The van der Waals surface area contributed by atoms with E-state index in [2.05, 4.69) is 112 Å². The molecule has 0 spiro atoms. The van der Waals surface area contributed by atoms with Crippen LogP contribution in [0.25, 0.3) is 44.8 Å². The van der Waals surface area contributed by atoms with Gasteiger partial charge in [0.15, 0.2) is 0 Å². The molecule has 6 aromatic rings. The fourth-order valence-corrected chi connectivity index (χ4v) is 11.2. The Balaban J connectivity index is 0.864. The van der Waals surface area contributed by atoms with Crippen LogP contribution in [0.1, 0.15) is 97.5 Å². The van der Waals surface area contributed by atoms with Crippen molar-refractivity contribution in [1.82, 2.24) is 30.6 Å². The van der Waals surface area contributed by atoms with Crippen molar-refractivity contribution in [3.8, 4) is 44.8 Å². The lowest BCUT2D eigenvalue weighted by molar-refractivity contribution is 0.163. The maximum absolute atomic E-state index is 12.4. The molecule has 1 saturated carbocycles. The highest BCUT2D eigenvalue weighted by Gasteiger charge is 2.41. The molecule has 3 fully saturated rings. The van der Waals surface area contributed by atoms with E-state index in [4.69, 9.17) is 14.7 Å². The Hall–Kier alpha value is -5.67. The van der Waals surface area contributed by atoms with E-state index in [1.54, 1.807) is 0 Å². The summed E-state index contributed by atoms with van der Waals surface area (Å²) in [6.45, 7) is 5.28. The number of rotatable bonds is 9. The number of piperidine rings is 1. The maximum atomic E-state index is 12.4. The number of benzene rings is 4. The van der Waals surface area contributed by atoms with Crippen molar-refractivity contribution in [2.75, 3.05) is 18.6 Å². The molecule has 3 aliphatic carbocycles. The molecule has 2 aliphatic heterocycles. The number of nitrogens with zero attached hydrogens (tertiary/aromatic N) is 3. The quantitative estimate of drug-likeness (QED) is 0.116. The van der Waals surface area contributed by atoms with Gasteiger partial charge in [0.2, 0.25) is 0 Å². The Morgan fingerprint density at radius 2 is 1.53 bits per heavy atom. The molecule has 2 aromatic heterocycles.